The average Bonchev–Trinajstić information content (AvgIpc) is 2.62. The third-order valence-corrected chi connectivity index (χ3v) is 2.77. The molecule has 2 amide bonds. The molecule has 2 rings (SSSR count). The van der Waals surface area contributed by atoms with E-state index >= 15 is 0 Å². The molecule has 1 aliphatic heterocycles. The van der Waals surface area contributed by atoms with E-state index in [-0.39, 0.29) is 24.1 Å². The van der Waals surface area contributed by atoms with Crippen LogP contribution in [-0.4, -0.2) is 11.8 Å². The Hall–Kier alpha value is -1.97. The van der Waals surface area contributed by atoms with Crippen molar-refractivity contribution in [2.75, 3.05) is 0 Å². The molecule has 0 bridgehead atoms. The molecule has 1 saturated heterocycles. The zero-order chi connectivity index (χ0) is 12.4. The second-order valence-electron chi connectivity index (χ2n) is 3.87. The molecule has 4 heteroatoms. The second kappa shape index (κ2) is 4.49. The molecule has 0 aromatic heterocycles. The highest BCUT2D eigenvalue weighted by molar-refractivity contribution is 6.17. The molecule has 1 aliphatic rings. The molecule has 1 aromatic rings. The lowest BCUT2D eigenvalue weighted by Gasteiger charge is -2.07. The van der Waals surface area contributed by atoms with E-state index in [2.05, 4.69) is 5.32 Å². The summed E-state index contributed by atoms with van der Waals surface area (Å²) in [5.74, 6) is -0.935. The van der Waals surface area contributed by atoms with Gasteiger partial charge in [-0.15, -0.1) is 0 Å². The Labute approximate surface area is 98.3 Å². The molecular weight excluding hydrogens is 221 g/mol. The maximum absolute atomic E-state index is 12.8. The number of carbonyl (C=O) groups excluding carboxylic acids is 2. The lowest BCUT2D eigenvalue weighted by Crippen LogP contribution is -2.19. The van der Waals surface area contributed by atoms with Gasteiger partial charge in [-0.25, -0.2) is 4.39 Å². The number of nitrogens with one attached hydrogen (secondary N) is 1. The van der Waals surface area contributed by atoms with Crippen molar-refractivity contribution in [3.05, 3.63) is 41.2 Å². The quantitative estimate of drug-likeness (QED) is 0.627. The van der Waals surface area contributed by atoms with Crippen LogP contribution in [0.15, 0.2) is 29.8 Å². The molecule has 0 radical (unpaired) electrons. The van der Waals surface area contributed by atoms with Crippen LogP contribution in [0, 0.1) is 5.82 Å². The van der Waals surface area contributed by atoms with Crippen LogP contribution in [-0.2, 0) is 9.59 Å². The molecule has 0 aliphatic carbocycles. The topological polar surface area (TPSA) is 46.2 Å². The summed E-state index contributed by atoms with van der Waals surface area (Å²) in [5, 5.41) is 2.25. The van der Waals surface area contributed by atoms with Gasteiger partial charge in [0, 0.05) is 5.57 Å². The third kappa shape index (κ3) is 2.25. The Balaban J connectivity index is 2.46. The summed E-state index contributed by atoms with van der Waals surface area (Å²) in [6.45, 7) is 1.90. The van der Waals surface area contributed by atoms with Crippen molar-refractivity contribution >= 4 is 17.4 Å². The number of amides is 2. The number of rotatable bonds is 2. The summed E-state index contributed by atoms with van der Waals surface area (Å²) >= 11 is 0. The molecule has 0 unspecified atom stereocenters. The van der Waals surface area contributed by atoms with Crippen LogP contribution in [0.25, 0.3) is 5.57 Å². The van der Waals surface area contributed by atoms with Crippen LogP contribution in [0.4, 0.5) is 4.39 Å². The molecule has 88 valence electrons. The number of halogens is 1. The van der Waals surface area contributed by atoms with Crippen LogP contribution >= 0.6 is 0 Å². The minimum absolute atomic E-state index is 0.110. The summed E-state index contributed by atoms with van der Waals surface area (Å²) in [5.41, 5.74) is 2.08. The molecule has 0 saturated carbocycles. The molecule has 1 N–H and O–H groups in total. The highest BCUT2D eigenvalue weighted by Gasteiger charge is 2.26. The number of imide groups is 1. The molecule has 1 aromatic carbocycles. The highest BCUT2D eigenvalue weighted by Crippen LogP contribution is 2.26. The van der Waals surface area contributed by atoms with E-state index in [9.17, 15) is 14.0 Å². The Morgan fingerprint density at radius 1 is 1.29 bits per heavy atom. The van der Waals surface area contributed by atoms with Gasteiger partial charge in [0.2, 0.25) is 5.91 Å². The van der Waals surface area contributed by atoms with Crippen LogP contribution < -0.4 is 5.32 Å². The van der Waals surface area contributed by atoms with Crippen molar-refractivity contribution in [1.29, 1.82) is 0 Å². The molecule has 0 atom stereocenters. The van der Waals surface area contributed by atoms with Gasteiger partial charge in [-0.2, -0.15) is 0 Å². The van der Waals surface area contributed by atoms with Gasteiger partial charge in [0.05, 0.1) is 6.42 Å². The molecule has 17 heavy (non-hydrogen) atoms. The zero-order valence-electron chi connectivity index (χ0n) is 9.42. The van der Waals surface area contributed by atoms with E-state index in [0.717, 1.165) is 11.1 Å². The first-order valence-electron chi connectivity index (χ1n) is 5.44. The summed E-state index contributed by atoms with van der Waals surface area (Å²) in [7, 11) is 0. The number of benzene rings is 1. The first-order chi connectivity index (χ1) is 8.11. The average molecular weight is 233 g/mol. The number of allylic oxidation sites excluding steroid dienone is 1. The number of hydrogen-bond acceptors (Lipinski definition) is 2. The highest BCUT2D eigenvalue weighted by atomic mass is 19.1. The van der Waals surface area contributed by atoms with Gasteiger partial charge in [-0.1, -0.05) is 19.1 Å². The fourth-order valence-electron chi connectivity index (χ4n) is 1.97. The van der Waals surface area contributed by atoms with E-state index in [1.165, 1.54) is 12.1 Å². The largest absolute Gasteiger partial charge is 0.292 e. The summed E-state index contributed by atoms with van der Waals surface area (Å²) in [4.78, 5) is 22.7. The molecular formula is C13H12FNO2. The molecule has 3 nitrogen and oxygen atoms in total. The second-order valence-corrected chi connectivity index (χ2v) is 3.87. The first-order valence-corrected chi connectivity index (χ1v) is 5.44. The van der Waals surface area contributed by atoms with Crippen molar-refractivity contribution in [2.24, 2.45) is 0 Å². The lowest BCUT2D eigenvalue weighted by atomic mass is 9.96. The SMILES string of the molecule is CCC(=C1CC(=O)NC1=O)c1ccc(F)cc1. The zero-order valence-corrected chi connectivity index (χ0v) is 9.42. The van der Waals surface area contributed by atoms with Gasteiger partial charge in [0.1, 0.15) is 5.82 Å². The van der Waals surface area contributed by atoms with E-state index < -0.39 is 0 Å². The van der Waals surface area contributed by atoms with Gasteiger partial charge >= 0.3 is 0 Å². The van der Waals surface area contributed by atoms with E-state index in [4.69, 9.17) is 0 Å². The Morgan fingerprint density at radius 2 is 1.94 bits per heavy atom. The van der Waals surface area contributed by atoms with E-state index in [1.807, 2.05) is 6.92 Å². The van der Waals surface area contributed by atoms with Crippen molar-refractivity contribution in [1.82, 2.24) is 5.32 Å². The van der Waals surface area contributed by atoms with Crippen molar-refractivity contribution in [3.63, 3.8) is 0 Å². The predicted molar refractivity (Wildman–Crippen MR) is 61.4 cm³/mol. The third-order valence-electron chi connectivity index (χ3n) is 2.77. The van der Waals surface area contributed by atoms with Crippen LogP contribution in [0.2, 0.25) is 0 Å². The van der Waals surface area contributed by atoms with Crippen molar-refractivity contribution in [3.8, 4) is 0 Å². The molecule has 1 heterocycles. The minimum Gasteiger partial charge on any atom is -0.292 e. The minimum atomic E-state index is -0.337. The van der Waals surface area contributed by atoms with Gasteiger partial charge in [0.15, 0.2) is 0 Å². The van der Waals surface area contributed by atoms with Crippen LogP contribution in [0.3, 0.4) is 0 Å². The van der Waals surface area contributed by atoms with Gasteiger partial charge in [0.25, 0.3) is 5.91 Å². The van der Waals surface area contributed by atoms with E-state index in [0.29, 0.717) is 12.0 Å². The lowest BCUT2D eigenvalue weighted by molar-refractivity contribution is -0.124. The fraction of sp³-hybridized carbons (Fsp3) is 0.231. The first kappa shape index (κ1) is 11.5. The maximum Gasteiger partial charge on any atom is 0.254 e. The van der Waals surface area contributed by atoms with Crippen LogP contribution in [0.5, 0.6) is 0 Å². The summed E-state index contributed by atoms with van der Waals surface area (Å²) in [6.07, 6.45) is 0.737. The molecule has 0 spiro atoms. The van der Waals surface area contributed by atoms with Crippen molar-refractivity contribution in [2.45, 2.75) is 19.8 Å². The predicted octanol–water partition coefficient (Wildman–Crippen LogP) is 2.04. The molecule has 1 fully saturated rings. The Bertz CT molecular complexity index is 503. The maximum atomic E-state index is 12.8. The fourth-order valence-corrected chi connectivity index (χ4v) is 1.97. The Morgan fingerprint density at radius 3 is 2.41 bits per heavy atom. The number of hydrogen-bond donors (Lipinski definition) is 1. The van der Waals surface area contributed by atoms with Gasteiger partial charge in [-0.3, -0.25) is 14.9 Å². The number of carbonyl (C=O) groups is 2. The van der Waals surface area contributed by atoms with Gasteiger partial charge in [-0.05, 0) is 29.7 Å². The monoisotopic (exact) mass is 233 g/mol. The standard InChI is InChI=1S/C13H12FNO2/c1-2-10(8-3-5-9(14)6-4-8)11-7-12(16)15-13(11)17/h3-6H,2,7H2,1H3,(H,15,16,17). The smallest absolute Gasteiger partial charge is 0.254 e. The summed E-state index contributed by atoms with van der Waals surface area (Å²) < 4.78 is 12.8. The summed E-state index contributed by atoms with van der Waals surface area (Å²) in [6, 6.07) is 5.94. The van der Waals surface area contributed by atoms with Crippen molar-refractivity contribution < 1.29 is 14.0 Å². The Kier molecular flexibility index (Phi) is 3.04. The van der Waals surface area contributed by atoms with E-state index in [1.54, 1.807) is 12.1 Å². The van der Waals surface area contributed by atoms with Crippen LogP contribution in [0.1, 0.15) is 25.3 Å². The normalized spacial score (nSPS) is 18.2. The van der Waals surface area contributed by atoms with Gasteiger partial charge < -0.3 is 0 Å².